The van der Waals surface area contributed by atoms with Crippen LogP contribution in [0.3, 0.4) is 0 Å². The van der Waals surface area contributed by atoms with Crippen molar-refractivity contribution in [2.24, 2.45) is 0 Å². The maximum absolute atomic E-state index is 10.9. The van der Waals surface area contributed by atoms with E-state index in [0.717, 1.165) is 5.56 Å². The topological polar surface area (TPSA) is 80.4 Å². The molecule has 5 heteroatoms. The molecule has 0 saturated heterocycles. The number of hydrogen-bond acceptors (Lipinski definition) is 4. The van der Waals surface area contributed by atoms with Crippen LogP contribution in [0.15, 0.2) is 24.3 Å². The van der Waals surface area contributed by atoms with Crippen molar-refractivity contribution in [3.05, 3.63) is 29.8 Å². The third kappa shape index (κ3) is 4.63. The molecule has 0 aliphatic heterocycles. The fourth-order valence-electron chi connectivity index (χ4n) is 1.47. The van der Waals surface area contributed by atoms with E-state index < -0.39 is 15.9 Å². The van der Waals surface area contributed by atoms with Crippen molar-refractivity contribution in [2.75, 3.05) is 17.7 Å². The molecule has 0 spiro atoms. The monoisotopic (exact) mass is 243 g/mol. The molecule has 0 bridgehead atoms. The lowest BCUT2D eigenvalue weighted by Gasteiger charge is -2.10. The number of aliphatic hydroxyl groups is 1. The zero-order valence-corrected chi connectivity index (χ0v) is 10.1. The van der Waals surface area contributed by atoms with Crippen LogP contribution in [-0.4, -0.2) is 25.5 Å². The van der Waals surface area contributed by atoms with E-state index in [1.54, 1.807) is 24.3 Å². The van der Waals surface area contributed by atoms with E-state index >= 15 is 0 Å². The molecule has 1 aromatic rings. The van der Waals surface area contributed by atoms with E-state index in [4.69, 9.17) is 5.73 Å². The van der Waals surface area contributed by atoms with Gasteiger partial charge in [0.1, 0.15) is 9.84 Å². The summed E-state index contributed by atoms with van der Waals surface area (Å²) < 4.78 is 21.8. The Morgan fingerprint density at radius 1 is 1.44 bits per heavy atom. The summed E-state index contributed by atoms with van der Waals surface area (Å²) in [6, 6.07) is 6.99. The second-order valence-corrected chi connectivity index (χ2v) is 6.22. The zero-order chi connectivity index (χ0) is 12.2. The Morgan fingerprint density at radius 2 is 2.12 bits per heavy atom. The molecule has 90 valence electrons. The Morgan fingerprint density at radius 3 is 2.69 bits per heavy atom. The molecule has 1 unspecified atom stereocenters. The highest BCUT2D eigenvalue weighted by Gasteiger charge is 2.09. The quantitative estimate of drug-likeness (QED) is 0.760. The summed E-state index contributed by atoms with van der Waals surface area (Å²) in [6.45, 7) is 0. The van der Waals surface area contributed by atoms with Gasteiger partial charge in [-0.2, -0.15) is 0 Å². The minimum absolute atomic E-state index is 0.104. The predicted octanol–water partition coefficient (Wildman–Crippen LogP) is 1.13. The highest BCUT2D eigenvalue weighted by molar-refractivity contribution is 7.90. The van der Waals surface area contributed by atoms with Crippen LogP contribution in [0.1, 0.15) is 24.5 Å². The first kappa shape index (κ1) is 13.0. The van der Waals surface area contributed by atoms with Gasteiger partial charge in [0.25, 0.3) is 0 Å². The molecule has 16 heavy (non-hydrogen) atoms. The lowest BCUT2D eigenvalue weighted by molar-refractivity contribution is 0.167. The van der Waals surface area contributed by atoms with Crippen molar-refractivity contribution >= 4 is 15.5 Å². The van der Waals surface area contributed by atoms with Crippen LogP contribution in [-0.2, 0) is 9.84 Å². The van der Waals surface area contributed by atoms with Crippen molar-refractivity contribution in [2.45, 2.75) is 18.9 Å². The molecule has 0 aliphatic carbocycles. The highest BCUT2D eigenvalue weighted by atomic mass is 32.2. The molecule has 0 radical (unpaired) electrons. The summed E-state index contributed by atoms with van der Waals surface area (Å²) in [5, 5.41) is 9.79. The molecule has 0 fully saturated rings. The summed E-state index contributed by atoms with van der Waals surface area (Å²) in [4.78, 5) is 0. The van der Waals surface area contributed by atoms with Crippen molar-refractivity contribution in [3.63, 3.8) is 0 Å². The second-order valence-electron chi connectivity index (χ2n) is 3.96. The summed E-state index contributed by atoms with van der Waals surface area (Å²) in [6.07, 6.45) is 1.43. The lowest BCUT2D eigenvalue weighted by Crippen LogP contribution is -2.06. The number of nitrogen functional groups attached to an aromatic ring is 1. The molecule has 3 N–H and O–H groups in total. The molecule has 1 aromatic carbocycles. The maximum Gasteiger partial charge on any atom is 0.147 e. The molecular formula is C11H17NO3S. The van der Waals surface area contributed by atoms with Gasteiger partial charge in [-0.1, -0.05) is 12.1 Å². The van der Waals surface area contributed by atoms with Crippen LogP contribution >= 0.6 is 0 Å². The molecule has 0 saturated carbocycles. The first-order valence-corrected chi connectivity index (χ1v) is 7.16. The molecular weight excluding hydrogens is 226 g/mol. The number of anilines is 1. The van der Waals surface area contributed by atoms with Gasteiger partial charge in [0.15, 0.2) is 0 Å². The number of hydrogen-bond donors (Lipinski definition) is 2. The number of aliphatic hydroxyl groups excluding tert-OH is 1. The minimum atomic E-state index is -2.95. The third-order valence-electron chi connectivity index (χ3n) is 2.29. The highest BCUT2D eigenvalue weighted by Crippen LogP contribution is 2.20. The van der Waals surface area contributed by atoms with Gasteiger partial charge >= 0.3 is 0 Å². The van der Waals surface area contributed by atoms with E-state index in [-0.39, 0.29) is 5.75 Å². The third-order valence-corrected chi connectivity index (χ3v) is 3.32. The number of nitrogens with two attached hydrogens (primary N) is 1. The predicted molar refractivity (Wildman–Crippen MR) is 64.8 cm³/mol. The van der Waals surface area contributed by atoms with E-state index in [0.29, 0.717) is 18.5 Å². The molecule has 0 aromatic heterocycles. The molecule has 1 atom stereocenters. The summed E-state index contributed by atoms with van der Waals surface area (Å²) in [5.74, 6) is 0.104. The van der Waals surface area contributed by atoms with Crippen LogP contribution in [0.4, 0.5) is 5.69 Å². The lowest BCUT2D eigenvalue weighted by atomic mass is 10.1. The molecule has 0 aliphatic rings. The van der Waals surface area contributed by atoms with E-state index in [1.807, 2.05) is 0 Å². The van der Waals surface area contributed by atoms with Gasteiger partial charge in [0, 0.05) is 17.7 Å². The molecule has 0 heterocycles. The van der Waals surface area contributed by atoms with Crippen LogP contribution in [0.5, 0.6) is 0 Å². The van der Waals surface area contributed by atoms with Crippen LogP contribution in [0, 0.1) is 0 Å². The van der Waals surface area contributed by atoms with Gasteiger partial charge in [-0.15, -0.1) is 0 Å². The smallest absolute Gasteiger partial charge is 0.147 e. The number of benzene rings is 1. The van der Waals surface area contributed by atoms with Gasteiger partial charge in [-0.05, 0) is 30.5 Å². The van der Waals surface area contributed by atoms with Gasteiger partial charge < -0.3 is 10.8 Å². The normalized spacial score (nSPS) is 13.6. The average molecular weight is 243 g/mol. The van der Waals surface area contributed by atoms with Crippen molar-refractivity contribution < 1.29 is 13.5 Å². The fourth-order valence-corrected chi connectivity index (χ4v) is 2.16. The summed E-state index contributed by atoms with van der Waals surface area (Å²) in [5.41, 5.74) is 6.91. The number of rotatable bonds is 5. The first-order valence-electron chi connectivity index (χ1n) is 5.10. The Hall–Kier alpha value is -1.07. The average Bonchev–Trinajstić information content (AvgIpc) is 2.15. The molecule has 1 rings (SSSR count). The van der Waals surface area contributed by atoms with Gasteiger partial charge in [0.05, 0.1) is 6.10 Å². The minimum Gasteiger partial charge on any atom is -0.399 e. The number of sulfone groups is 1. The van der Waals surface area contributed by atoms with Crippen LogP contribution in [0.25, 0.3) is 0 Å². The fraction of sp³-hybridized carbons (Fsp3) is 0.455. The van der Waals surface area contributed by atoms with Crippen LogP contribution in [0.2, 0.25) is 0 Å². The first-order chi connectivity index (χ1) is 7.38. The van der Waals surface area contributed by atoms with E-state index in [9.17, 15) is 13.5 Å². The Balaban J connectivity index is 2.50. The zero-order valence-electron chi connectivity index (χ0n) is 9.26. The maximum atomic E-state index is 10.9. The Labute approximate surface area is 96.0 Å². The van der Waals surface area contributed by atoms with Gasteiger partial charge in [-0.3, -0.25) is 0 Å². The standard InChI is InChI=1S/C11H17NO3S/c1-16(14,15)7-3-6-11(13)9-4-2-5-10(12)8-9/h2,4-5,8,11,13H,3,6-7,12H2,1H3. The Kier molecular flexibility index (Phi) is 4.32. The largest absolute Gasteiger partial charge is 0.399 e. The van der Waals surface area contributed by atoms with E-state index in [2.05, 4.69) is 0 Å². The molecule has 0 amide bonds. The van der Waals surface area contributed by atoms with E-state index in [1.165, 1.54) is 6.26 Å². The van der Waals surface area contributed by atoms with Crippen molar-refractivity contribution in [3.8, 4) is 0 Å². The SMILES string of the molecule is CS(=O)(=O)CCCC(O)c1cccc(N)c1. The van der Waals surface area contributed by atoms with Gasteiger partial charge in [-0.25, -0.2) is 8.42 Å². The Bertz CT molecular complexity index is 442. The van der Waals surface area contributed by atoms with Crippen LogP contribution < -0.4 is 5.73 Å². The van der Waals surface area contributed by atoms with Crippen molar-refractivity contribution in [1.29, 1.82) is 0 Å². The van der Waals surface area contributed by atoms with Gasteiger partial charge in [0.2, 0.25) is 0 Å². The summed E-state index contributed by atoms with van der Waals surface area (Å²) >= 11 is 0. The second kappa shape index (κ2) is 5.32. The molecule has 4 nitrogen and oxygen atoms in total. The van der Waals surface area contributed by atoms with Crippen molar-refractivity contribution in [1.82, 2.24) is 0 Å². The summed E-state index contributed by atoms with van der Waals surface area (Å²) in [7, 11) is -2.95.